The van der Waals surface area contributed by atoms with Crippen molar-refractivity contribution in [3.05, 3.63) is 30.7 Å². The van der Waals surface area contributed by atoms with Crippen LogP contribution in [0.4, 0.5) is 0 Å². The maximum Gasteiger partial charge on any atom is 0.164 e. The summed E-state index contributed by atoms with van der Waals surface area (Å²) in [7, 11) is 1.67. The molecule has 2 heteroatoms. The van der Waals surface area contributed by atoms with Crippen molar-refractivity contribution in [3.8, 4) is 11.5 Å². The van der Waals surface area contributed by atoms with Crippen LogP contribution >= 0.6 is 0 Å². The summed E-state index contributed by atoms with van der Waals surface area (Å²) in [6.45, 7) is 8.84. The first-order chi connectivity index (χ1) is 7.20. The first-order valence-electron chi connectivity index (χ1n) is 5.33. The maximum absolute atomic E-state index is 5.62. The van der Waals surface area contributed by atoms with E-state index in [1.54, 1.807) is 7.11 Å². The Balaban J connectivity index is 2.99. The zero-order chi connectivity index (χ0) is 11.3. The quantitative estimate of drug-likeness (QED) is 0.736. The van der Waals surface area contributed by atoms with Gasteiger partial charge in [-0.3, -0.25) is 0 Å². The highest BCUT2D eigenvalue weighted by Crippen LogP contribution is 2.35. The average molecular weight is 207 g/mol. The van der Waals surface area contributed by atoms with Gasteiger partial charge < -0.3 is 9.47 Å². The van der Waals surface area contributed by atoms with Crippen LogP contribution in [0.15, 0.2) is 18.2 Å². The summed E-state index contributed by atoms with van der Waals surface area (Å²) in [6, 6.07) is 5.93. The minimum Gasteiger partial charge on any atom is -0.493 e. The lowest BCUT2D eigenvalue weighted by molar-refractivity contribution is 0.292. The van der Waals surface area contributed by atoms with Crippen molar-refractivity contribution in [2.75, 3.05) is 13.7 Å². The van der Waals surface area contributed by atoms with Gasteiger partial charge in [-0.15, -0.1) is 0 Å². The van der Waals surface area contributed by atoms with Gasteiger partial charge in [0.2, 0.25) is 0 Å². The molecule has 0 saturated heterocycles. The second-order valence-electron chi connectivity index (χ2n) is 3.63. The highest BCUT2D eigenvalue weighted by molar-refractivity contribution is 5.48. The number of benzene rings is 1. The largest absolute Gasteiger partial charge is 0.493 e. The van der Waals surface area contributed by atoms with Gasteiger partial charge in [-0.25, -0.2) is 0 Å². The van der Waals surface area contributed by atoms with Crippen LogP contribution in [0, 0.1) is 6.92 Å². The van der Waals surface area contributed by atoms with E-state index in [0.29, 0.717) is 6.61 Å². The first-order valence-corrected chi connectivity index (χ1v) is 5.33. The fourth-order valence-electron chi connectivity index (χ4n) is 1.46. The molecule has 1 radical (unpaired) electrons. The van der Waals surface area contributed by atoms with E-state index in [1.807, 2.05) is 25.1 Å². The normalized spacial score (nSPS) is 10.5. The fraction of sp³-hybridized carbons (Fsp3) is 0.462. The van der Waals surface area contributed by atoms with Gasteiger partial charge in [0.1, 0.15) is 0 Å². The number of methoxy groups -OCH3 is 1. The average Bonchev–Trinajstić information content (AvgIpc) is 2.25. The van der Waals surface area contributed by atoms with Crippen LogP contribution in [0.3, 0.4) is 0 Å². The van der Waals surface area contributed by atoms with Crippen molar-refractivity contribution < 1.29 is 9.47 Å². The molecule has 0 N–H and O–H groups in total. The molecular weight excluding hydrogens is 188 g/mol. The molecule has 0 bridgehead atoms. The van der Waals surface area contributed by atoms with Gasteiger partial charge in [0.05, 0.1) is 13.7 Å². The highest BCUT2D eigenvalue weighted by atomic mass is 16.5. The molecule has 0 amide bonds. The van der Waals surface area contributed by atoms with Crippen LogP contribution in [0.1, 0.15) is 31.7 Å². The lowest BCUT2D eigenvalue weighted by atomic mass is 10.0. The Morgan fingerprint density at radius 1 is 1.40 bits per heavy atom. The van der Waals surface area contributed by atoms with Gasteiger partial charge in [0, 0.05) is 5.56 Å². The van der Waals surface area contributed by atoms with Crippen LogP contribution in [0.25, 0.3) is 0 Å². The smallest absolute Gasteiger partial charge is 0.164 e. The van der Waals surface area contributed by atoms with Gasteiger partial charge >= 0.3 is 0 Å². The van der Waals surface area contributed by atoms with Crippen molar-refractivity contribution in [2.45, 2.75) is 26.2 Å². The predicted molar refractivity (Wildman–Crippen MR) is 62.6 cm³/mol. The van der Waals surface area contributed by atoms with Gasteiger partial charge in [-0.1, -0.05) is 26.0 Å². The van der Waals surface area contributed by atoms with Crippen LogP contribution < -0.4 is 9.47 Å². The summed E-state index contributed by atoms with van der Waals surface area (Å²) in [5.74, 6) is 1.82. The Bertz CT molecular complexity index is 305. The van der Waals surface area contributed by atoms with Crippen LogP contribution in [0.2, 0.25) is 0 Å². The van der Waals surface area contributed by atoms with E-state index < -0.39 is 0 Å². The summed E-state index contributed by atoms with van der Waals surface area (Å²) in [5.41, 5.74) is 1.09. The van der Waals surface area contributed by atoms with Gasteiger partial charge in [-0.05, 0) is 25.3 Å². The molecule has 0 fully saturated rings. The second kappa shape index (κ2) is 5.64. The topological polar surface area (TPSA) is 18.5 Å². The van der Waals surface area contributed by atoms with Gasteiger partial charge in [-0.2, -0.15) is 0 Å². The molecule has 0 aliphatic carbocycles. The van der Waals surface area contributed by atoms with Gasteiger partial charge in [0.15, 0.2) is 11.5 Å². The van der Waals surface area contributed by atoms with Crippen molar-refractivity contribution in [1.29, 1.82) is 0 Å². The molecule has 0 saturated carbocycles. The first kappa shape index (κ1) is 11.9. The SMILES string of the molecule is [CH2]C(C)c1cccc(OCCC)c1OC. The minimum absolute atomic E-state index is 0.199. The Kier molecular flexibility index (Phi) is 4.47. The summed E-state index contributed by atoms with van der Waals surface area (Å²) < 4.78 is 11.0. The Morgan fingerprint density at radius 2 is 2.13 bits per heavy atom. The Morgan fingerprint density at radius 3 is 2.67 bits per heavy atom. The van der Waals surface area contributed by atoms with E-state index in [4.69, 9.17) is 9.47 Å². The minimum atomic E-state index is 0.199. The monoisotopic (exact) mass is 207 g/mol. The van der Waals surface area contributed by atoms with E-state index in [2.05, 4.69) is 13.8 Å². The van der Waals surface area contributed by atoms with E-state index in [0.717, 1.165) is 23.5 Å². The molecule has 2 nitrogen and oxygen atoms in total. The number of para-hydroxylation sites is 1. The summed E-state index contributed by atoms with van der Waals surface area (Å²) in [5, 5.41) is 0. The number of hydrogen-bond acceptors (Lipinski definition) is 2. The van der Waals surface area contributed by atoms with Gasteiger partial charge in [0.25, 0.3) is 0 Å². The molecule has 0 heterocycles. The summed E-state index contributed by atoms with van der Waals surface area (Å²) in [6.07, 6.45) is 0.993. The zero-order valence-electron chi connectivity index (χ0n) is 9.75. The Labute approximate surface area is 92.2 Å². The molecule has 1 aromatic rings. The van der Waals surface area contributed by atoms with Crippen molar-refractivity contribution in [2.24, 2.45) is 0 Å². The Hall–Kier alpha value is -1.18. The highest BCUT2D eigenvalue weighted by Gasteiger charge is 2.12. The lowest BCUT2D eigenvalue weighted by Gasteiger charge is -2.15. The lowest BCUT2D eigenvalue weighted by Crippen LogP contribution is -2.01. The molecule has 1 aromatic carbocycles. The number of rotatable bonds is 5. The third-order valence-electron chi connectivity index (χ3n) is 2.21. The van der Waals surface area contributed by atoms with E-state index in [9.17, 15) is 0 Å². The van der Waals surface area contributed by atoms with E-state index in [-0.39, 0.29) is 5.92 Å². The standard InChI is InChI=1S/C13H19O2/c1-5-9-15-12-8-6-7-11(10(2)3)13(12)14-4/h6-8,10H,2,5,9H2,1,3-4H3. The molecule has 0 spiro atoms. The van der Waals surface area contributed by atoms with Crippen molar-refractivity contribution in [3.63, 3.8) is 0 Å². The molecule has 0 aromatic heterocycles. The molecule has 1 rings (SSSR count). The van der Waals surface area contributed by atoms with Crippen LogP contribution in [-0.2, 0) is 0 Å². The summed E-state index contributed by atoms with van der Waals surface area (Å²) >= 11 is 0. The predicted octanol–water partition coefficient (Wildman–Crippen LogP) is 3.42. The molecule has 0 aliphatic rings. The fourth-order valence-corrected chi connectivity index (χ4v) is 1.46. The molecule has 1 unspecified atom stereocenters. The summed E-state index contributed by atoms with van der Waals surface area (Å²) in [4.78, 5) is 0. The van der Waals surface area contributed by atoms with Crippen molar-refractivity contribution >= 4 is 0 Å². The van der Waals surface area contributed by atoms with Crippen LogP contribution in [0.5, 0.6) is 11.5 Å². The molecular formula is C13H19O2. The van der Waals surface area contributed by atoms with Crippen LogP contribution in [-0.4, -0.2) is 13.7 Å². The molecule has 0 aliphatic heterocycles. The van der Waals surface area contributed by atoms with Crippen molar-refractivity contribution in [1.82, 2.24) is 0 Å². The zero-order valence-corrected chi connectivity index (χ0v) is 9.75. The molecule has 15 heavy (non-hydrogen) atoms. The van der Waals surface area contributed by atoms with E-state index in [1.165, 1.54) is 0 Å². The third kappa shape index (κ3) is 2.88. The number of ether oxygens (including phenoxy) is 2. The van der Waals surface area contributed by atoms with E-state index >= 15 is 0 Å². The second-order valence-corrected chi connectivity index (χ2v) is 3.63. The number of hydrogen-bond donors (Lipinski definition) is 0. The third-order valence-corrected chi connectivity index (χ3v) is 2.21. The molecule has 83 valence electrons. The molecule has 1 atom stereocenters. The maximum atomic E-state index is 5.62.